The summed E-state index contributed by atoms with van der Waals surface area (Å²) in [5.74, 6) is 0.687. The summed E-state index contributed by atoms with van der Waals surface area (Å²) in [4.78, 5) is 16.4. The molecule has 0 bridgehead atoms. The molecule has 0 unspecified atom stereocenters. The molecule has 6 nitrogen and oxygen atoms in total. The van der Waals surface area contributed by atoms with E-state index in [0.717, 1.165) is 10.2 Å². The minimum atomic E-state index is -0.532. The molecule has 0 spiro atoms. The van der Waals surface area contributed by atoms with Crippen molar-refractivity contribution in [3.63, 3.8) is 0 Å². The molecular formula is C16H13Cl2N5OS. The van der Waals surface area contributed by atoms with Crippen molar-refractivity contribution in [1.29, 1.82) is 0 Å². The van der Waals surface area contributed by atoms with Gasteiger partial charge in [-0.15, -0.1) is 9.78 Å². The number of hydrogen-bond donors (Lipinski definition) is 2. The van der Waals surface area contributed by atoms with Crippen LogP contribution in [0, 0.1) is 0 Å². The van der Waals surface area contributed by atoms with Gasteiger partial charge in [-0.1, -0.05) is 65.3 Å². The molecule has 1 heterocycles. The van der Waals surface area contributed by atoms with Gasteiger partial charge in [-0.05, 0) is 23.8 Å². The monoisotopic (exact) mass is 393 g/mol. The average Bonchev–Trinajstić information content (AvgIpc) is 2.98. The third kappa shape index (κ3) is 4.45. The number of nitrogens with zero attached hydrogens (tertiary/aromatic N) is 3. The van der Waals surface area contributed by atoms with Crippen LogP contribution in [0.15, 0.2) is 53.7 Å². The smallest absolute Gasteiger partial charge is 0.349 e. The lowest BCUT2D eigenvalue weighted by atomic mass is 10.2. The zero-order chi connectivity index (χ0) is 17.8. The molecule has 0 atom stereocenters. The third-order valence-electron chi connectivity index (χ3n) is 3.19. The Kier molecular flexibility index (Phi) is 5.47. The molecule has 0 saturated carbocycles. The fourth-order valence-corrected chi connectivity index (χ4v) is 3.07. The van der Waals surface area contributed by atoms with Crippen LogP contribution in [0.4, 0.5) is 16.4 Å². The number of nitrogens with two attached hydrogens (primary N) is 1. The van der Waals surface area contributed by atoms with E-state index in [2.05, 4.69) is 15.4 Å². The first-order chi connectivity index (χ1) is 12.0. The van der Waals surface area contributed by atoms with Gasteiger partial charge in [-0.3, -0.25) is 0 Å². The number of aromatic nitrogens is 3. The van der Waals surface area contributed by atoms with Crippen LogP contribution in [0.25, 0.3) is 0 Å². The summed E-state index contributed by atoms with van der Waals surface area (Å²) < 4.78 is 1.01. The molecule has 3 N–H and O–H groups in total. The second-order valence-corrected chi connectivity index (χ2v) is 6.75. The molecule has 0 fully saturated rings. The third-order valence-corrected chi connectivity index (χ3v) is 4.83. The van der Waals surface area contributed by atoms with Gasteiger partial charge in [0.25, 0.3) is 0 Å². The molecule has 0 radical (unpaired) electrons. The van der Waals surface area contributed by atoms with Gasteiger partial charge in [0.1, 0.15) is 0 Å². The van der Waals surface area contributed by atoms with Crippen LogP contribution in [-0.2, 0) is 5.75 Å². The summed E-state index contributed by atoms with van der Waals surface area (Å²) >= 11 is 13.2. The number of nitrogens with one attached hydrogen (secondary N) is 1. The highest BCUT2D eigenvalue weighted by atomic mass is 35.5. The van der Waals surface area contributed by atoms with Crippen LogP contribution < -0.4 is 11.1 Å². The van der Waals surface area contributed by atoms with Crippen molar-refractivity contribution in [2.24, 2.45) is 0 Å². The fourth-order valence-electron chi connectivity index (χ4n) is 1.99. The molecule has 3 aromatic rings. The Bertz CT molecular complexity index is 901. The van der Waals surface area contributed by atoms with E-state index in [0.29, 0.717) is 26.6 Å². The van der Waals surface area contributed by atoms with Crippen molar-refractivity contribution in [1.82, 2.24) is 14.8 Å². The normalized spacial score (nSPS) is 10.6. The van der Waals surface area contributed by atoms with Gasteiger partial charge in [-0.2, -0.15) is 4.98 Å². The van der Waals surface area contributed by atoms with E-state index < -0.39 is 6.03 Å². The highest BCUT2D eigenvalue weighted by Gasteiger charge is 2.15. The molecular weight excluding hydrogens is 381 g/mol. The first-order valence-electron chi connectivity index (χ1n) is 7.18. The fraction of sp³-hybridized carbons (Fsp3) is 0.0625. The Morgan fingerprint density at radius 3 is 2.64 bits per heavy atom. The van der Waals surface area contributed by atoms with Crippen LogP contribution in [-0.4, -0.2) is 20.8 Å². The first-order valence-corrected chi connectivity index (χ1v) is 8.93. The van der Waals surface area contributed by atoms with E-state index in [1.54, 1.807) is 18.2 Å². The molecule has 0 aliphatic rings. The van der Waals surface area contributed by atoms with Gasteiger partial charge >= 0.3 is 6.03 Å². The van der Waals surface area contributed by atoms with E-state index in [1.165, 1.54) is 11.8 Å². The Labute approximate surface area is 158 Å². The van der Waals surface area contributed by atoms with Crippen LogP contribution in [0.5, 0.6) is 0 Å². The predicted octanol–water partition coefficient (Wildman–Crippen LogP) is 4.54. The van der Waals surface area contributed by atoms with Crippen molar-refractivity contribution in [2.45, 2.75) is 10.9 Å². The quantitative estimate of drug-likeness (QED) is 0.635. The minimum Gasteiger partial charge on any atom is -0.368 e. The standard InChI is InChI=1S/C16H13Cl2N5OS/c17-12-7-6-11(8-13(12)18)20-16(24)23-14(19)21-15(22-23)25-9-10-4-2-1-3-5-10/h1-8H,9H2,(H,20,24)(H2,19,21,22). The Hall–Kier alpha value is -2.22. The van der Waals surface area contributed by atoms with Crippen LogP contribution >= 0.6 is 35.0 Å². The second kappa shape index (κ2) is 7.77. The van der Waals surface area contributed by atoms with Gasteiger partial charge in [0.15, 0.2) is 0 Å². The molecule has 0 aliphatic heterocycles. The van der Waals surface area contributed by atoms with E-state index >= 15 is 0 Å². The van der Waals surface area contributed by atoms with Crippen LogP contribution in [0.3, 0.4) is 0 Å². The Morgan fingerprint density at radius 2 is 1.92 bits per heavy atom. The maximum absolute atomic E-state index is 12.3. The summed E-state index contributed by atoms with van der Waals surface area (Å²) in [6.07, 6.45) is 0. The number of hydrogen-bond acceptors (Lipinski definition) is 5. The summed E-state index contributed by atoms with van der Waals surface area (Å²) in [7, 11) is 0. The van der Waals surface area contributed by atoms with Crippen molar-refractivity contribution < 1.29 is 4.79 Å². The van der Waals surface area contributed by atoms with Crippen molar-refractivity contribution in [3.05, 3.63) is 64.1 Å². The lowest BCUT2D eigenvalue weighted by molar-refractivity contribution is 0.251. The number of halogens is 2. The van der Waals surface area contributed by atoms with E-state index in [4.69, 9.17) is 28.9 Å². The topological polar surface area (TPSA) is 85.8 Å². The number of nitrogen functional groups attached to an aromatic ring is 1. The summed E-state index contributed by atoms with van der Waals surface area (Å²) in [5, 5.41) is 7.94. The number of carbonyl (C=O) groups excluding carboxylic acids is 1. The van der Waals surface area contributed by atoms with Gasteiger partial charge in [0, 0.05) is 11.4 Å². The van der Waals surface area contributed by atoms with Gasteiger partial charge in [-0.25, -0.2) is 4.79 Å². The average molecular weight is 394 g/mol. The summed E-state index contributed by atoms with van der Waals surface area (Å²) in [5.41, 5.74) is 7.39. The Balaban J connectivity index is 1.68. The minimum absolute atomic E-state index is 0.00752. The number of rotatable bonds is 4. The SMILES string of the molecule is Nc1nc(SCc2ccccc2)nn1C(=O)Nc1ccc(Cl)c(Cl)c1. The number of amides is 1. The number of carbonyl (C=O) groups is 1. The lowest BCUT2D eigenvalue weighted by Gasteiger charge is -2.06. The number of benzene rings is 2. The lowest BCUT2D eigenvalue weighted by Crippen LogP contribution is -2.22. The van der Waals surface area contributed by atoms with Gasteiger partial charge in [0.2, 0.25) is 11.1 Å². The molecule has 25 heavy (non-hydrogen) atoms. The van der Waals surface area contributed by atoms with E-state index in [1.807, 2.05) is 30.3 Å². The maximum Gasteiger partial charge on any atom is 0.349 e. The molecule has 0 saturated heterocycles. The molecule has 1 amide bonds. The van der Waals surface area contributed by atoms with Crippen LogP contribution in [0.2, 0.25) is 10.0 Å². The van der Waals surface area contributed by atoms with Gasteiger partial charge in [0.05, 0.1) is 10.0 Å². The van der Waals surface area contributed by atoms with Crippen LogP contribution in [0.1, 0.15) is 5.56 Å². The highest BCUT2D eigenvalue weighted by molar-refractivity contribution is 7.98. The zero-order valence-corrected chi connectivity index (χ0v) is 15.1. The molecule has 1 aromatic heterocycles. The molecule has 3 rings (SSSR count). The second-order valence-electron chi connectivity index (χ2n) is 5.00. The van der Waals surface area contributed by atoms with Gasteiger partial charge < -0.3 is 11.1 Å². The summed E-state index contributed by atoms with van der Waals surface area (Å²) in [6.45, 7) is 0. The van der Waals surface area contributed by atoms with Crippen molar-refractivity contribution in [3.8, 4) is 0 Å². The zero-order valence-electron chi connectivity index (χ0n) is 12.8. The van der Waals surface area contributed by atoms with Crippen molar-refractivity contribution in [2.75, 3.05) is 11.1 Å². The molecule has 2 aromatic carbocycles. The van der Waals surface area contributed by atoms with Crippen molar-refractivity contribution >= 4 is 52.6 Å². The largest absolute Gasteiger partial charge is 0.368 e. The summed E-state index contributed by atoms with van der Waals surface area (Å²) in [6, 6.07) is 14.1. The van der Waals surface area contributed by atoms with E-state index in [9.17, 15) is 4.79 Å². The predicted molar refractivity (Wildman–Crippen MR) is 101 cm³/mol. The molecule has 128 valence electrons. The number of anilines is 2. The Morgan fingerprint density at radius 1 is 1.16 bits per heavy atom. The maximum atomic E-state index is 12.3. The molecule has 0 aliphatic carbocycles. The molecule has 9 heteroatoms. The number of thioether (sulfide) groups is 1. The van der Waals surface area contributed by atoms with E-state index in [-0.39, 0.29) is 5.95 Å². The first kappa shape index (κ1) is 17.6. The highest BCUT2D eigenvalue weighted by Crippen LogP contribution is 2.25.